The maximum atomic E-state index is 13.3. The lowest BCUT2D eigenvalue weighted by Gasteiger charge is -2.34. The largest absolute Gasteiger partial charge is 0.489 e. The number of hydrogen-bond acceptors (Lipinski definition) is 8. The van der Waals surface area contributed by atoms with Crippen LogP contribution in [0.25, 0.3) is 11.5 Å². The predicted octanol–water partition coefficient (Wildman–Crippen LogP) is 4.74. The van der Waals surface area contributed by atoms with E-state index < -0.39 is 24.7 Å². The minimum absolute atomic E-state index is 0.0278. The Kier molecular flexibility index (Phi) is 9.26. The smallest absolute Gasteiger partial charge is 0.409 e. The number of oxazole rings is 1. The fourth-order valence-corrected chi connectivity index (χ4v) is 4.45. The van der Waals surface area contributed by atoms with Crippen LogP contribution in [0.1, 0.15) is 68.2 Å². The molecule has 10 nitrogen and oxygen atoms in total. The Balaban J connectivity index is 1.58. The molecular weight excluding hydrogens is 514 g/mol. The summed E-state index contributed by atoms with van der Waals surface area (Å²) in [5.74, 6) is 0.179. The highest BCUT2D eigenvalue weighted by molar-refractivity contribution is 5.94. The van der Waals surface area contributed by atoms with Crippen LogP contribution in [0.5, 0.6) is 11.5 Å². The third kappa shape index (κ3) is 7.17. The van der Waals surface area contributed by atoms with Crippen molar-refractivity contribution in [3.8, 4) is 23.0 Å². The Morgan fingerprint density at radius 1 is 1.21 bits per heavy atom. The summed E-state index contributed by atoms with van der Waals surface area (Å²) in [6, 6.07) is 3.54. The maximum Gasteiger partial charge on any atom is 0.409 e. The Bertz CT molecular complexity index is 1150. The fourth-order valence-electron chi connectivity index (χ4n) is 4.45. The van der Waals surface area contributed by atoms with Crippen LogP contribution in [-0.4, -0.2) is 61.3 Å². The second-order valence-corrected chi connectivity index (χ2v) is 10.3. The highest BCUT2D eigenvalue weighted by Crippen LogP contribution is 2.37. The van der Waals surface area contributed by atoms with Crippen molar-refractivity contribution in [3.63, 3.8) is 0 Å². The van der Waals surface area contributed by atoms with E-state index in [1.54, 1.807) is 4.90 Å². The average molecular weight is 551 g/mol. The summed E-state index contributed by atoms with van der Waals surface area (Å²) in [4.78, 5) is 31.5. The van der Waals surface area contributed by atoms with Crippen molar-refractivity contribution in [3.05, 3.63) is 29.7 Å². The predicted molar refractivity (Wildman–Crippen MR) is 138 cm³/mol. The Hall–Kier alpha value is -3.41. The van der Waals surface area contributed by atoms with Crippen LogP contribution in [0.15, 0.2) is 22.6 Å². The van der Waals surface area contributed by atoms with Gasteiger partial charge in [-0.15, -0.1) is 0 Å². The topological polar surface area (TPSA) is 129 Å². The summed E-state index contributed by atoms with van der Waals surface area (Å²) in [6.45, 7) is 1.93. The number of benzene rings is 1. The van der Waals surface area contributed by atoms with E-state index in [0.29, 0.717) is 24.6 Å². The minimum Gasteiger partial charge on any atom is -0.489 e. The van der Waals surface area contributed by atoms with Crippen LogP contribution in [0.2, 0.25) is 0 Å². The average Bonchev–Trinajstić information content (AvgIpc) is 3.65. The second kappa shape index (κ2) is 12.6. The third-order valence-electron chi connectivity index (χ3n) is 7.00. The first kappa shape index (κ1) is 28.6. The molecule has 2 atom stereocenters. The summed E-state index contributed by atoms with van der Waals surface area (Å²) >= 11 is 0. The first-order valence-corrected chi connectivity index (χ1v) is 13.3. The van der Waals surface area contributed by atoms with Gasteiger partial charge in [-0.05, 0) is 62.1 Å². The molecule has 3 N–H and O–H groups in total. The standard InChI is InChI=1S/C27H36F2N4O6/c1-15(2)21(30)23-22(24(34)31-13-18-6-4-5-11-33(18)27(35)36-3)32-25(39-23)17-9-10-19(38-26(28)29)20(12-17)37-14-16-7-8-16/h9-10,12,15-16,18,21,26H,4-8,11,13-14,30H2,1-3H3,(H,31,34). The van der Waals surface area contributed by atoms with Gasteiger partial charge in [-0.3, -0.25) is 4.79 Å². The van der Waals surface area contributed by atoms with E-state index in [2.05, 4.69) is 15.0 Å². The van der Waals surface area contributed by atoms with Gasteiger partial charge in [-0.25, -0.2) is 9.78 Å². The van der Waals surface area contributed by atoms with Crippen molar-refractivity contribution >= 4 is 12.0 Å². The summed E-state index contributed by atoms with van der Waals surface area (Å²) in [6.07, 6.45) is 4.15. The number of halogens is 2. The molecule has 2 unspecified atom stereocenters. The van der Waals surface area contributed by atoms with Gasteiger partial charge in [-0.1, -0.05) is 13.8 Å². The zero-order chi connectivity index (χ0) is 28.1. The molecule has 0 spiro atoms. The number of ether oxygens (including phenoxy) is 3. The maximum absolute atomic E-state index is 13.3. The molecule has 2 amide bonds. The molecule has 4 rings (SSSR count). The molecule has 0 radical (unpaired) electrons. The molecule has 12 heteroatoms. The van der Waals surface area contributed by atoms with Crippen molar-refractivity contribution in [1.82, 2.24) is 15.2 Å². The molecule has 1 aliphatic carbocycles. The molecule has 2 aromatic rings. The van der Waals surface area contributed by atoms with Crippen LogP contribution in [0, 0.1) is 11.8 Å². The molecule has 2 heterocycles. The van der Waals surface area contributed by atoms with Crippen LogP contribution in [-0.2, 0) is 4.74 Å². The van der Waals surface area contributed by atoms with E-state index in [4.69, 9.17) is 19.6 Å². The van der Waals surface area contributed by atoms with Crippen LogP contribution >= 0.6 is 0 Å². The number of nitrogens with zero attached hydrogens (tertiary/aromatic N) is 2. The lowest BCUT2D eigenvalue weighted by atomic mass is 10.0. The molecule has 1 aromatic heterocycles. The Morgan fingerprint density at radius 2 is 1.97 bits per heavy atom. The van der Waals surface area contributed by atoms with E-state index >= 15 is 0 Å². The molecular formula is C27H36F2N4O6. The normalized spacial score (nSPS) is 18.3. The number of alkyl halides is 2. The fraction of sp³-hybridized carbons (Fsp3) is 0.593. The number of nitrogens with two attached hydrogens (primary N) is 1. The lowest BCUT2D eigenvalue weighted by Crippen LogP contribution is -2.49. The van der Waals surface area contributed by atoms with Crippen molar-refractivity contribution in [1.29, 1.82) is 0 Å². The molecule has 214 valence electrons. The van der Waals surface area contributed by atoms with E-state index in [0.717, 1.165) is 32.1 Å². The van der Waals surface area contributed by atoms with Gasteiger partial charge in [0.25, 0.3) is 5.91 Å². The second-order valence-electron chi connectivity index (χ2n) is 10.3. The highest BCUT2D eigenvalue weighted by atomic mass is 19.3. The van der Waals surface area contributed by atoms with Gasteiger partial charge >= 0.3 is 12.7 Å². The van der Waals surface area contributed by atoms with E-state index in [9.17, 15) is 18.4 Å². The zero-order valence-corrected chi connectivity index (χ0v) is 22.5. The Labute approximate surface area is 226 Å². The number of hydrogen-bond donors (Lipinski definition) is 2. The first-order chi connectivity index (χ1) is 18.7. The first-order valence-electron chi connectivity index (χ1n) is 13.3. The number of rotatable bonds is 11. The van der Waals surface area contributed by atoms with Crippen molar-refractivity contribution in [2.45, 2.75) is 64.6 Å². The summed E-state index contributed by atoms with van der Waals surface area (Å²) in [5.41, 5.74) is 6.82. The summed E-state index contributed by atoms with van der Waals surface area (Å²) < 4.78 is 47.2. The lowest BCUT2D eigenvalue weighted by molar-refractivity contribution is -0.0515. The van der Waals surface area contributed by atoms with Gasteiger partial charge in [0.2, 0.25) is 5.89 Å². The number of carbonyl (C=O) groups excluding carboxylic acids is 2. The van der Waals surface area contributed by atoms with Crippen molar-refractivity contribution in [2.75, 3.05) is 26.8 Å². The van der Waals surface area contributed by atoms with Crippen LogP contribution in [0.4, 0.5) is 13.6 Å². The number of methoxy groups -OCH3 is 1. The van der Waals surface area contributed by atoms with Crippen LogP contribution in [0.3, 0.4) is 0 Å². The van der Waals surface area contributed by atoms with Gasteiger partial charge < -0.3 is 34.6 Å². The minimum atomic E-state index is -3.01. The monoisotopic (exact) mass is 550 g/mol. The number of aromatic nitrogens is 1. The van der Waals surface area contributed by atoms with Crippen molar-refractivity contribution in [2.24, 2.45) is 17.6 Å². The van der Waals surface area contributed by atoms with E-state index in [-0.39, 0.29) is 47.3 Å². The third-order valence-corrected chi connectivity index (χ3v) is 7.00. The number of nitrogens with one attached hydrogen (secondary N) is 1. The highest BCUT2D eigenvalue weighted by Gasteiger charge is 2.31. The number of likely N-dealkylation sites (tertiary alicyclic amines) is 1. The molecule has 2 aliphatic rings. The Morgan fingerprint density at radius 3 is 2.64 bits per heavy atom. The number of carbonyl (C=O) groups is 2. The zero-order valence-electron chi connectivity index (χ0n) is 22.5. The van der Waals surface area contributed by atoms with Crippen LogP contribution < -0.4 is 20.5 Å². The van der Waals surface area contributed by atoms with Crippen molar-refractivity contribution < 1.29 is 37.0 Å². The molecule has 39 heavy (non-hydrogen) atoms. The number of piperidine rings is 1. The van der Waals surface area contributed by atoms with Gasteiger partial charge in [-0.2, -0.15) is 8.78 Å². The van der Waals surface area contributed by atoms with E-state index in [1.807, 2.05) is 13.8 Å². The molecule has 1 aliphatic heterocycles. The van der Waals surface area contributed by atoms with Gasteiger partial charge in [0.05, 0.1) is 25.8 Å². The summed E-state index contributed by atoms with van der Waals surface area (Å²) in [5, 5.41) is 2.86. The van der Waals surface area contributed by atoms with Gasteiger partial charge in [0, 0.05) is 18.7 Å². The molecule has 1 saturated carbocycles. The van der Waals surface area contributed by atoms with Gasteiger partial charge in [0.1, 0.15) is 0 Å². The molecule has 2 fully saturated rings. The number of amides is 2. The molecule has 1 saturated heterocycles. The SMILES string of the molecule is COC(=O)N1CCCCC1CNC(=O)c1nc(-c2ccc(OC(F)F)c(OCC3CC3)c2)oc1C(N)C(C)C. The summed E-state index contributed by atoms with van der Waals surface area (Å²) in [7, 11) is 1.33. The van der Waals surface area contributed by atoms with Gasteiger partial charge in [0.15, 0.2) is 23.0 Å². The molecule has 1 aromatic carbocycles. The quantitative estimate of drug-likeness (QED) is 0.411. The molecule has 0 bridgehead atoms. The van der Waals surface area contributed by atoms with E-state index in [1.165, 1.54) is 25.3 Å².